The lowest BCUT2D eigenvalue weighted by atomic mass is 10.2. The molecule has 3 heterocycles. The summed E-state index contributed by atoms with van der Waals surface area (Å²) in [6, 6.07) is 9.71. The average Bonchev–Trinajstić information content (AvgIpc) is 3.35. The number of halogens is 2. The van der Waals surface area contributed by atoms with Gasteiger partial charge >= 0.3 is 5.97 Å². The van der Waals surface area contributed by atoms with E-state index in [1.54, 1.807) is 48.7 Å². The molecule has 3 aromatic heterocycles. The van der Waals surface area contributed by atoms with Crippen LogP contribution in [0.15, 0.2) is 46.6 Å². The largest absolute Gasteiger partial charge is 0.461 e. The lowest BCUT2D eigenvalue weighted by Gasteiger charge is -2.10. The van der Waals surface area contributed by atoms with Crippen LogP contribution in [0, 0.1) is 0 Å². The lowest BCUT2D eigenvalue weighted by Crippen LogP contribution is -2.25. The summed E-state index contributed by atoms with van der Waals surface area (Å²) in [5, 5.41) is 9.70. The number of hydrogen-bond acceptors (Lipinski definition) is 7. The van der Waals surface area contributed by atoms with E-state index in [0.29, 0.717) is 30.3 Å². The highest BCUT2D eigenvalue weighted by Gasteiger charge is 2.23. The van der Waals surface area contributed by atoms with Gasteiger partial charge < -0.3 is 10.1 Å². The van der Waals surface area contributed by atoms with Gasteiger partial charge in [-0.05, 0) is 37.3 Å². The monoisotopic (exact) mass is 493 g/mol. The van der Waals surface area contributed by atoms with E-state index in [0.717, 1.165) is 27.4 Å². The zero-order valence-electron chi connectivity index (χ0n) is 15.8. The van der Waals surface area contributed by atoms with E-state index in [1.807, 2.05) is 0 Å². The van der Waals surface area contributed by atoms with Gasteiger partial charge in [-0.15, -0.1) is 22.7 Å². The van der Waals surface area contributed by atoms with Gasteiger partial charge in [0.05, 0.1) is 26.9 Å². The second-order valence-electron chi connectivity index (χ2n) is 6.18. The summed E-state index contributed by atoms with van der Waals surface area (Å²) in [6.45, 7) is 1.82. The van der Waals surface area contributed by atoms with Crippen molar-refractivity contribution < 1.29 is 14.3 Å². The molecule has 31 heavy (non-hydrogen) atoms. The van der Waals surface area contributed by atoms with Crippen LogP contribution in [0.4, 0.5) is 5.00 Å². The first kappa shape index (κ1) is 21.5. The third-order valence-electron chi connectivity index (χ3n) is 4.20. The van der Waals surface area contributed by atoms with Crippen molar-refractivity contribution in [2.24, 2.45) is 0 Å². The van der Waals surface area contributed by atoms with Crippen LogP contribution in [0.3, 0.4) is 0 Å². The maximum atomic E-state index is 13.3. The highest BCUT2D eigenvalue weighted by atomic mass is 35.5. The summed E-state index contributed by atoms with van der Waals surface area (Å²) in [5.41, 5.74) is -0.170. The van der Waals surface area contributed by atoms with E-state index in [1.165, 1.54) is 0 Å². The van der Waals surface area contributed by atoms with Gasteiger partial charge in [-0.1, -0.05) is 29.3 Å². The Labute approximate surface area is 193 Å². The predicted octanol–water partition coefficient (Wildman–Crippen LogP) is 5.24. The van der Waals surface area contributed by atoms with E-state index in [-0.39, 0.29) is 17.7 Å². The van der Waals surface area contributed by atoms with E-state index in [4.69, 9.17) is 27.9 Å². The summed E-state index contributed by atoms with van der Waals surface area (Å²) in [6.07, 6.45) is 0. The Bertz CT molecular complexity index is 1380. The van der Waals surface area contributed by atoms with Crippen molar-refractivity contribution in [2.75, 3.05) is 11.9 Å². The SMILES string of the molecule is CCOC(=O)c1nn(-c2cccc(Cl)c2)c(=O)c2c(NC(=O)c3ccc(Cl)s3)scc12. The molecule has 4 aromatic rings. The van der Waals surface area contributed by atoms with E-state index in [2.05, 4.69) is 10.4 Å². The summed E-state index contributed by atoms with van der Waals surface area (Å²) in [5.74, 6) is -1.09. The van der Waals surface area contributed by atoms with Gasteiger partial charge in [0.1, 0.15) is 5.00 Å². The molecule has 0 atom stereocenters. The van der Waals surface area contributed by atoms with E-state index in [9.17, 15) is 14.4 Å². The smallest absolute Gasteiger partial charge is 0.359 e. The minimum absolute atomic E-state index is 0.0349. The molecule has 0 fully saturated rings. The fourth-order valence-electron chi connectivity index (χ4n) is 2.88. The second kappa shape index (κ2) is 8.80. The van der Waals surface area contributed by atoms with Crippen LogP contribution in [0.5, 0.6) is 0 Å². The fourth-order valence-corrected chi connectivity index (χ4v) is 4.93. The lowest BCUT2D eigenvalue weighted by molar-refractivity contribution is 0.0520. The highest BCUT2D eigenvalue weighted by Crippen LogP contribution is 2.32. The molecule has 0 unspecified atom stereocenters. The Morgan fingerprint density at radius 1 is 1.23 bits per heavy atom. The zero-order valence-corrected chi connectivity index (χ0v) is 19.0. The molecule has 0 saturated carbocycles. The average molecular weight is 494 g/mol. The van der Waals surface area contributed by atoms with Gasteiger partial charge in [0.15, 0.2) is 5.69 Å². The van der Waals surface area contributed by atoms with Crippen LogP contribution in [0.1, 0.15) is 27.1 Å². The van der Waals surface area contributed by atoms with Gasteiger partial charge in [-0.2, -0.15) is 9.78 Å². The second-order valence-corrected chi connectivity index (χ2v) is 9.21. The molecule has 11 heteroatoms. The Hall–Kier alpha value is -2.72. The first-order valence-electron chi connectivity index (χ1n) is 8.93. The number of carbonyl (C=O) groups excluding carboxylic acids is 2. The Balaban J connectivity index is 1.90. The van der Waals surface area contributed by atoms with Crippen molar-refractivity contribution in [3.63, 3.8) is 0 Å². The number of aromatic nitrogens is 2. The minimum Gasteiger partial charge on any atom is -0.461 e. The Morgan fingerprint density at radius 3 is 2.71 bits per heavy atom. The zero-order chi connectivity index (χ0) is 22.1. The maximum Gasteiger partial charge on any atom is 0.359 e. The van der Waals surface area contributed by atoms with Crippen molar-refractivity contribution >= 4 is 73.5 Å². The number of benzene rings is 1. The third-order valence-corrected chi connectivity index (χ3v) is 6.56. The number of thiophene rings is 2. The number of anilines is 1. The predicted molar refractivity (Wildman–Crippen MR) is 123 cm³/mol. The molecule has 1 N–H and O–H groups in total. The molecule has 7 nitrogen and oxygen atoms in total. The third kappa shape index (κ3) is 4.22. The quantitative estimate of drug-likeness (QED) is 0.383. The topological polar surface area (TPSA) is 90.3 Å². The van der Waals surface area contributed by atoms with E-state index >= 15 is 0 Å². The highest BCUT2D eigenvalue weighted by molar-refractivity contribution is 7.18. The van der Waals surface area contributed by atoms with Crippen molar-refractivity contribution in [3.8, 4) is 5.69 Å². The van der Waals surface area contributed by atoms with Crippen molar-refractivity contribution in [1.82, 2.24) is 9.78 Å². The molecule has 1 amide bonds. The van der Waals surface area contributed by atoms with Crippen LogP contribution in [-0.4, -0.2) is 28.3 Å². The summed E-state index contributed by atoms with van der Waals surface area (Å²) >= 11 is 14.2. The number of nitrogens with zero attached hydrogens (tertiary/aromatic N) is 2. The number of fused-ring (bicyclic) bond motifs is 1. The van der Waals surface area contributed by atoms with Crippen molar-refractivity contribution in [3.05, 3.63) is 72.1 Å². The number of esters is 1. The van der Waals surface area contributed by atoms with Gasteiger partial charge in [-0.25, -0.2) is 4.79 Å². The molecule has 4 rings (SSSR count). The van der Waals surface area contributed by atoms with Crippen molar-refractivity contribution in [2.45, 2.75) is 6.92 Å². The van der Waals surface area contributed by atoms with Gasteiger partial charge in [-0.3, -0.25) is 9.59 Å². The van der Waals surface area contributed by atoms with Crippen molar-refractivity contribution in [1.29, 1.82) is 0 Å². The number of carbonyl (C=O) groups is 2. The summed E-state index contributed by atoms with van der Waals surface area (Å²) in [4.78, 5) is 38.9. The number of amides is 1. The molecule has 0 radical (unpaired) electrons. The molecule has 0 saturated heterocycles. The number of rotatable bonds is 5. The molecule has 0 aliphatic heterocycles. The number of ether oxygens (including phenoxy) is 1. The molecular weight excluding hydrogens is 481 g/mol. The normalized spacial score (nSPS) is 10.9. The molecule has 158 valence electrons. The fraction of sp³-hybridized carbons (Fsp3) is 0.100. The van der Waals surface area contributed by atoms with Gasteiger partial charge in [0, 0.05) is 15.8 Å². The number of nitrogens with one attached hydrogen (secondary N) is 1. The van der Waals surface area contributed by atoms with Gasteiger partial charge in [0.25, 0.3) is 11.5 Å². The van der Waals surface area contributed by atoms with E-state index < -0.39 is 17.4 Å². The van der Waals surface area contributed by atoms with Crippen LogP contribution in [0.2, 0.25) is 9.36 Å². The molecule has 1 aromatic carbocycles. The molecule has 0 aliphatic carbocycles. The summed E-state index contributed by atoms with van der Waals surface area (Å²) < 4.78 is 6.66. The Kier molecular flexibility index (Phi) is 6.10. The molecule has 0 bridgehead atoms. The maximum absolute atomic E-state index is 13.3. The van der Waals surface area contributed by atoms with Crippen LogP contribution in [0.25, 0.3) is 16.5 Å². The molecule has 0 spiro atoms. The van der Waals surface area contributed by atoms with Gasteiger partial charge in [0.2, 0.25) is 0 Å². The minimum atomic E-state index is -0.677. The molecular formula is C20H13Cl2N3O4S2. The Morgan fingerprint density at radius 2 is 2.03 bits per heavy atom. The standard InChI is InChI=1S/C20H13Cl2N3O4S2/c1-2-29-20(28)16-12-9-30-18(23-17(26)13-6-7-14(22)31-13)15(12)19(27)25(24-16)11-5-3-4-10(21)8-11/h3-9H,2H2,1H3,(H,23,26). The first-order valence-corrected chi connectivity index (χ1v) is 11.4. The number of hydrogen-bond donors (Lipinski definition) is 1. The molecule has 0 aliphatic rings. The van der Waals surface area contributed by atoms with Crippen LogP contribution < -0.4 is 10.9 Å². The summed E-state index contributed by atoms with van der Waals surface area (Å²) in [7, 11) is 0. The van der Waals surface area contributed by atoms with Crippen LogP contribution in [-0.2, 0) is 4.74 Å². The van der Waals surface area contributed by atoms with Crippen LogP contribution >= 0.6 is 45.9 Å². The first-order chi connectivity index (χ1) is 14.9.